The van der Waals surface area contributed by atoms with Crippen LogP contribution in [-0.2, 0) is 4.79 Å². The first-order valence-electron chi connectivity index (χ1n) is 7.76. The number of likely N-dealkylation sites (tertiary alicyclic amines) is 1. The van der Waals surface area contributed by atoms with Gasteiger partial charge in [0.25, 0.3) is 0 Å². The summed E-state index contributed by atoms with van der Waals surface area (Å²) in [5, 5.41) is 6.23. The van der Waals surface area contributed by atoms with Crippen molar-refractivity contribution in [1.82, 2.24) is 15.5 Å². The second-order valence-corrected chi connectivity index (χ2v) is 8.25. The van der Waals surface area contributed by atoms with Crippen molar-refractivity contribution >= 4 is 58.0 Å². The average molecular weight is 389 g/mol. The van der Waals surface area contributed by atoms with Gasteiger partial charge in [0.2, 0.25) is 9.70 Å². The molecule has 0 radical (unpaired) electrons. The fourth-order valence-electron chi connectivity index (χ4n) is 2.26. The molecule has 22 heavy (non-hydrogen) atoms. The predicted octanol–water partition coefficient (Wildman–Crippen LogP) is 3.74. The fraction of sp³-hybridized carbons (Fsp3) is 0.857. The molecule has 4 nitrogen and oxygen atoms in total. The molecule has 0 unspecified atom stereocenters. The zero-order chi connectivity index (χ0) is 16.6. The number of nitrogens with zero attached hydrogens (tertiary/aromatic N) is 1. The van der Waals surface area contributed by atoms with Crippen LogP contribution >= 0.6 is 47.0 Å². The van der Waals surface area contributed by atoms with Gasteiger partial charge in [-0.3, -0.25) is 4.79 Å². The molecule has 0 saturated carbocycles. The second kappa shape index (κ2) is 10.0. The standard InChI is InChI=1S/C14H24Cl3N3OS/c1-2-3-8-11(21)18-12(14(15,16)17)19-13(22)20-9-6-4-5-7-10-20/h12H,2-10H2,1H3,(H,18,21)(H,19,22)/t12-/m1/s1. The minimum atomic E-state index is -1.67. The summed E-state index contributed by atoms with van der Waals surface area (Å²) >= 11 is 23.3. The summed E-state index contributed by atoms with van der Waals surface area (Å²) in [6, 6.07) is 0. The number of unbranched alkanes of at least 4 members (excludes halogenated alkanes) is 1. The van der Waals surface area contributed by atoms with Gasteiger partial charge in [0.1, 0.15) is 6.17 Å². The van der Waals surface area contributed by atoms with Crippen molar-refractivity contribution in [1.29, 1.82) is 0 Å². The van der Waals surface area contributed by atoms with Crippen LogP contribution in [0.2, 0.25) is 0 Å². The van der Waals surface area contributed by atoms with Crippen molar-refractivity contribution < 1.29 is 4.79 Å². The molecule has 1 heterocycles. The highest BCUT2D eigenvalue weighted by atomic mass is 35.6. The highest BCUT2D eigenvalue weighted by Crippen LogP contribution is 2.29. The van der Waals surface area contributed by atoms with E-state index in [-0.39, 0.29) is 5.91 Å². The molecule has 1 atom stereocenters. The lowest BCUT2D eigenvalue weighted by atomic mass is 10.2. The maximum absolute atomic E-state index is 11.9. The number of carbonyl (C=O) groups excluding carboxylic acids is 1. The Morgan fingerprint density at radius 2 is 1.77 bits per heavy atom. The molecule has 0 bridgehead atoms. The molecule has 1 fully saturated rings. The van der Waals surface area contributed by atoms with Gasteiger partial charge in [0.05, 0.1) is 0 Å². The van der Waals surface area contributed by atoms with Gasteiger partial charge in [-0.15, -0.1) is 0 Å². The first-order chi connectivity index (χ1) is 10.3. The Labute approximate surface area is 153 Å². The Kier molecular flexibility index (Phi) is 9.14. The molecule has 1 rings (SSSR count). The molecule has 0 aromatic rings. The Morgan fingerprint density at radius 3 is 2.27 bits per heavy atom. The maximum Gasteiger partial charge on any atom is 0.228 e. The van der Waals surface area contributed by atoms with Crippen LogP contribution in [0.15, 0.2) is 0 Å². The molecule has 0 spiro atoms. The molecule has 1 saturated heterocycles. The second-order valence-electron chi connectivity index (χ2n) is 5.50. The van der Waals surface area contributed by atoms with Crippen LogP contribution in [0.3, 0.4) is 0 Å². The number of rotatable bonds is 5. The normalized spacial score (nSPS) is 17.5. The van der Waals surface area contributed by atoms with Gasteiger partial charge < -0.3 is 15.5 Å². The number of halogens is 3. The van der Waals surface area contributed by atoms with Gasteiger partial charge >= 0.3 is 0 Å². The van der Waals surface area contributed by atoms with Crippen LogP contribution in [0.25, 0.3) is 0 Å². The van der Waals surface area contributed by atoms with Crippen molar-refractivity contribution in [2.24, 2.45) is 0 Å². The van der Waals surface area contributed by atoms with Crippen molar-refractivity contribution in [2.45, 2.75) is 61.8 Å². The molecule has 0 aromatic carbocycles. The molecule has 0 aromatic heterocycles. The molecule has 0 aliphatic carbocycles. The number of alkyl halides is 3. The molecule has 8 heteroatoms. The molecule has 1 amide bonds. The molecular weight excluding hydrogens is 365 g/mol. The van der Waals surface area contributed by atoms with Gasteiger partial charge in [-0.25, -0.2) is 0 Å². The average Bonchev–Trinajstić information content (AvgIpc) is 2.72. The van der Waals surface area contributed by atoms with Crippen molar-refractivity contribution in [3.05, 3.63) is 0 Å². The Hall–Kier alpha value is 0.0300. The molecule has 128 valence electrons. The van der Waals surface area contributed by atoms with Crippen LogP contribution < -0.4 is 10.6 Å². The van der Waals surface area contributed by atoms with E-state index in [4.69, 9.17) is 47.0 Å². The lowest BCUT2D eigenvalue weighted by Crippen LogP contribution is -2.58. The Morgan fingerprint density at radius 1 is 1.18 bits per heavy atom. The van der Waals surface area contributed by atoms with Crippen molar-refractivity contribution in [2.75, 3.05) is 13.1 Å². The van der Waals surface area contributed by atoms with E-state index in [0.29, 0.717) is 11.5 Å². The lowest BCUT2D eigenvalue weighted by molar-refractivity contribution is -0.122. The number of thiocarbonyl (C=S) groups is 1. The smallest absolute Gasteiger partial charge is 0.228 e. The zero-order valence-corrected chi connectivity index (χ0v) is 15.9. The van der Waals surface area contributed by atoms with E-state index in [9.17, 15) is 4.79 Å². The van der Waals surface area contributed by atoms with E-state index >= 15 is 0 Å². The van der Waals surface area contributed by atoms with Gasteiger partial charge in [-0.05, 0) is 31.5 Å². The van der Waals surface area contributed by atoms with Gasteiger partial charge in [0, 0.05) is 19.5 Å². The predicted molar refractivity (Wildman–Crippen MR) is 97.5 cm³/mol. The van der Waals surface area contributed by atoms with Crippen LogP contribution in [-0.4, -0.2) is 39.0 Å². The van der Waals surface area contributed by atoms with Crippen LogP contribution in [0.4, 0.5) is 0 Å². The summed E-state index contributed by atoms with van der Waals surface area (Å²) in [7, 11) is 0. The number of hydrogen-bond acceptors (Lipinski definition) is 2. The van der Waals surface area contributed by atoms with Crippen molar-refractivity contribution in [3.8, 4) is 0 Å². The van der Waals surface area contributed by atoms with Gasteiger partial charge in [-0.2, -0.15) is 0 Å². The largest absolute Gasteiger partial charge is 0.349 e. The van der Waals surface area contributed by atoms with Crippen LogP contribution in [0.1, 0.15) is 51.9 Å². The summed E-state index contributed by atoms with van der Waals surface area (Å²) in [6.07, 6.45) is 5.93. The minimum Gasteiger partial charge on any atom is -0.349 e. The number of amides is 1. The first kappa shape index (κ1) is 20.1. The SMILES string of the molecule is CCCCC(=O)N[C@H](NC(=S)N1CCCCCC1)C(Cl)(Cl)Cl. The quantitative estimate of drug-likeness (QED) is 0.428. The summed E-state index contributed by atoms with van der Waals surface area (Å²) < 4.78 is -1.67. The molecule has 1 aliphatic heterocycles. The van der Waals surface area contributed by atoms with E-state index in [1.54, 1.807) is 0 Å². The number of nitrogens with one attached hydrogen (secondary N) is 2. The Balaban J connectivity index is 2.60. The topological polar surface area (TPSA) is 44.4 Å². The molecule has 1 aliphatic rings. The first-order valence-corrected chi connectivity index (χ1v) is 9.30. The van der Waals surface area contributed by atoms with Crippen LogP contribution in [0, 0.1) is 0 Å². The van der Waals surface area contributed by atoms with Crippen LogP contribution in [0.5, 0.6) is 0 Å². The third kappa shape index (κ3) is 7.53. The van der Waals surface area contributed by atoms with Gasteiger partial charge in [-0.1, -0.05) is 61.0 Å². The highest BCUT2D eigenvalue weighted by molar-refractivity contribution is 7.80. The van der Waals surface area contributed by atoms with E-state index in [1.807, 2.05) is 6.92 Å². The summed E-state index contributed by atoms with van der Waals surface area (Å²) in [6.45, 7) is 3.80. The summed E-state index contributed by atoms with van der Waals surface area (Å²) in [5.41, 5.74) is 0. The monoisotopic (exact) mass is 387 g/mol. The Bertz CT molecular complexity index is 369. The minimum absolute atomic E-state index is 0.149. The number of carbonyl (C=O) groups is 1. The molecule has 2 N–H and O–H groups in total. The number of hydrogen-bond donors (Lipinski definition) is 2. The maximum atomic E-state index is 11.9. The van der Waals surface area contributed by atoms with E-state index < -0.39 is 9.96 Å². The lowest BCUT2D eigenvalue weighted by Gasteiger charge is -2.31. The van der Waals surface area contributed by atoms with E-state index in [2.05, 4.69) is 15.5 Å². The fourth-order valence-corrected chi connectivity index (χ4v) is 2.89. The summed E-state index contributed by atoms with van der Waals surface area (Å²) in [5.74, 6) is -0.149. The zero-order valence-electron chi connectivity index (χ0n) is 12.8. The highest BCUT2D eigenvalue weighted by Gasteiger charge is 2.35. The molecular formula is C14H24Cl3N3OS. The third-order valence-corrected chi connectivity index (χ3v) is 4.58. The van der Waals surface area contributed by atoms with Gasteiger partial charge in [0.15, 0.2) is 5.11 Å². The van der Waals surface area contributed by atoms with E-state index in [1.165, 1.54) is 12.8 Å². The third-order valence-electron chi connectivity index (χ3n) is 3.55. The summed E-state index contributed by atoms with van der Waals surface area (Å²) in [4.78, 5) is 14.0. The van der Waals surface area contributed by atoms with E-state index in [0.717, 1.165) is 38.8 Å². The van der Waals surface area contributed by atoms with Crippen molar-refractivity contribution in [3.63, 3.8) is 0 Å².